The highest BCUT2D eigenvalue weighted by Gasteiger charge is 2.74. The summed E-state index contributed by atoms with van der Waals surface area (Å²) in [4.78, 5) is 11.1. The molecule has 0 atom stereocenters. The molecule has 0 radical (unpaired) electrons. The van der Waals surface area contributed by atoms with Gasteiger partial charge in [-0.15, -0.1) is 0 Å². The number of rotatable bonds is 12. The third kappa shape index (κ3) is 6.44. The van der Waals surface area contributed by atoms with Crippen LogP contribution in [0, 0.1) is 0 Å². The maximum Gasteiger partial charge on any atom is 0.0518 e. The molecule has 0 saturated heterocycles. The van der Waals surface area contributed by atoms with Crippen LogP contribution in [0.15, 0.2) is 243 Å². The number of hydrogen-bond donors (Lipinski definition) is 0. The van der Waals surface area contributed by atoms with Crippen molar-refractivity contribution in [2.45, 2.75) is 60.7 Å². The minimum atomic E-state index is -0.358. The molecule has 4 aliphatic rings. The van der Waals surface area contributed by atoms with E-state index in [0.717, 1.165) is 38.5 Å². The van der Waals surface area contributed by atoms with Gasteiger partial charge >= 0.3 is 0 Å². The van der Waals surface area contributed by atoms with Gasteiger partial charge in [0.2, 0.25) is 0 Å². The molecule has 4 bridgehead atoms. The zero-order chi connectivity index (χ0) is 41.5. The van der Waals surface area contributed by atoms with Gasteiger partial charge in [0.05, 0.1) is 22.2 Å². The quantitative estimate of drug-likeness (QED) is 0.122. The minimum Gasteiger partial charge on any atom is -0.335 e. The fraction of sp³-hybridized carbons (Fsp3) is 0.172. The van der Waals surface area contributed by atoms with Crippen molar-refractivity contribution >= 4 is 45.5 Å². The Hall–Kier alpha value is -7.04. The molecule has 0 aromatic heterocycles. The van der Waals surface area contributed by atoms with E-state index in [9.17, 15) is 0 Å². The molecule has 12 rings (SSSR count). The molecule has 8 aromatic rings. The molecule has 4 fully saturated rings. The lowest BCUT2D eigenvalue weighted by molar-refractivity contribution is -0.0473. The Morgan fingerprint density at radius 3 is 0.403 bits per heavy atom. The molecule has 0 spiro atoms. The maximum absolute atomic E-state index is 2.78. The van der Waals surface area contributed by atoms with Crippen LogP contribution in [0.25, 0.3) is 0 Å². The van der Waals surface area contributed by atoms with E-state index in [1.807, 2.05) is 0 Å². The number of anilines is 8. The second kappa shape index (κ2) is 15.5. The molecule has 4 nitrogen and oxygen atoms in total. The van der Waals surface area contributed by atoms with E-state index >= 15 is 0 Å². The molecule has 8 aromatic carbocycles. The number of benzene rings is 8. The van der Waals surface area contributed by atoms with Crippen molar-refractivity contribution in [1.82, 2.24) is 0 Å². The third-order valence-electron chi connectivity index (χ3n) is 14.0. The lowest BCUT2D eigenvalue weighted by atomic mass is 9.42. The van der Waals surface area contributed by atoms with Crippen LogP contribution in [0.5, 0.6) is 0 Å². The molecule has 4 saturated carbocycles. The fourth-order valence-electron chi connectivity index (χ4n) is 12.8. The molecule has 0 amide bonds. The Labute approximate surface area is 367 Å². The molecule has 304 valence electrons. The van der Waals surface area contributed by atoms with Gasteiger partial charge in [-0.1, -0.05) is 146 Å². The Morgan fingerprint density at radius 1 is 0.177 bits per heavy atom. The van der Waals surface area contributed by atoms with E-state index < -0.39 is 0 Å². The normalized spacial score (nSPS) is 23.4. The highest BCUT2D eigenvalue weighted by atomic mass is 15.4. The van der Waals surface area contributed by atoms with Crippen LogP contribution in [-0.2, 0) is 0 Å². The van der Waals surface area contributed by atoms with E-state index in [-0.39, 0.29) is 22.2 Å². The monoisotopic (exact) mass is 804 g/mol. The van der Waals surface area contributed by atoms with Crippen molar-refractivity contribution < 1.29 is 0 Å². The zero-order valence-electron chi connectivity index (χ0n) is 35.1. The van der Waals surface area contributed by atoms with Gasteiger partial charge in [-0.05, 0) is 136 Å². The predicted molar refractivity (Wildman–Crippen MR) is 259 cm³/mol. The zero-order valence-corrected chi connectivity index (χ0v) is 35.1. The Morgan fingerprint density at radius 2 is 0.290 bits per heavy atom. The second-order valence-corrected chi connectivity index (χ2v) is 18.0. The average molecular weight is 805 g/mol. The molecule has 62 heavy (non-hydrogen) atoms. The standard InChI is InChI=1S/C58H52N4/c1-9-25-47(26-10-1)59(48-27-11-2-12-28-48)55-41-56(60(49-29-13-3-14-30-49)50-31-15-4-16-32-50)44-57(42-55,61(51-33-17-5-18-34-51)52-35-19-6-20-36-52)46-58(43-55,45-56)62(53-37-21-7-22-38-53)54-39-23-8-24-40-54/h1-40H,41-46H2. The fourth-order valence-corrected chi connectivity index (χ4v) is 12.8. The molecule has 0 unspecified atom stereocenters. The summed E-state index contributed by atoms with van der Waals surface area (Å²) in [6.07, 6.45) is 5.79. The Balaban J connectivity index is 1.28. The van der Waals surface area contributed by atoms with E-state index in [1.54, 1.807) is 0 Å². The second-order valence-electron chi connectivity index (χ2n) is 18.0. The van der Waals surface area contributed by atoms with Gasteiger partial charge in [0.15, 0.2) is 0 Å². The first-order chi connectivity index (χ1) is 30.6. The highest BCUT2D eigenvalue weighted by Crippen LogP contribution is 2.71. The highest BCUT2D eigenvalue weighted by molar-refractivity contribution is 5.76. The summed E-state index contributed by atoms with van der Waals surface area (Å²) in [5.41, 5.74) is 8.37. The van der Waals surface area contributed by atoms with E-state index in [1.165, 1.54) is 45.5 Å². The van der Waals surface area contributed by atoms with Gasteiger partial charge in [-0.25, -0.2) is 0 Å². The first-order valence-corrected chi connectivity index (χ1v) is 22.2. The topological polar surface area (TPSA) is 13.0 Å². The molecular weight excluding hydrogens is 753 g/mol. The summed E-state index contributed by atoms with van der Waals surface area (Å²) in [7, 11) is 0. The van der Waals surface area contributed by atoms with Gasteiger partial charge in [-0.2, -0.15) is 0 Å². The smallest absolute Gasteiger partial charge is 0.0518 e. The average Bonchev–Trinajstić information content (AvgIpc) is 3.31. The summed E-state index contributed by atoms with van der Waals surface area (Å²) in [5.74, 6) is 0. The molecule has 0 aliphatic heterocycles. The van der Waals surface area contributed by atoms with E-state index in [2.05, 4.69) is 262 Å². The molecule has 0 N–H and O–H groups in total. The molecule has 0 heterocycles. The maximum atomic E-state index is 2.78. The van der Waals surface area contributed by atoms with Gasteiger partial charge < -0.3 is 19.6 Å². The summed E-state index contributed by atoms with van der Waals surface area (Å²) in [6.45, 7) is 0. The number of hydrogen-bond acceptors (Lipinski definition) is 4. The SMILES string of the molecule is c1ccc(N(c2ccccc2)C23CC4(N(c5ccccc5)c5ccccc5)CC(N(c5ccccc5)c5ccccc5)(C2)CC(N(c2ccccc2)c2ccccc2)(C3)C4)cc1. The first-order valence-electron chi connectivity index (χ1n) is 22.2. The Bertz CT molecular complexity index is 2120. The number of nitrogens with zero attached hydrogens (tertiary/aromatic N) is 4. The van der Waals surface area contributed by atoms with Crippen LogP contribution in [0.4, 0.5) is 45.5 Å². The van der Waals surface area contributed by atoms with Gasteiger partial charge in [0.25, 0.3) is 0 Å². The van der Waals surface area contributed by atoms with Crippen molar-refractivity contribution in [3.63, 3.8) is 0 Å². The van der Waals surface area contributed by atoms with Crippen LogP contribution in [0.2, 0.25) is 0 Å². The van der Waals surface area contributed by atoms with Crippen molar-refractivity contribution in [3.8, 4) is 0 Å². The predicted octanol–water partition coefficient (Wildman–Crippen LogP) is 14.7. The summed E-state index contributed by atoms with van der Waals surface area (Å²) in [6, 6.07) is 90.1. The van der Waals surface area contributed by atoms with Crippen molar-refractivity contribution in [1.29, 1.82) is 0 Å². The lowest BCUT2D eigenvalue weighted by Gasteiger charge is -2.76. The van der Waals surface area contributed by atoms with Crippen LogP contribution < -0.4 is 19.6 Å². The van der Waals surface area contributed by atoms with Crippen LogP contribution in [-0.4, -0.2) is 22.2 Å². The van der Waals surface area contributed by atoms with Crippen LogP contribution in [0.3, 0.4) is 0 Å². The molecular formula is C58H52N4. The van der Waals surface area contributed by atoms with E-state index in [4.69, 9.17) is 0 Å². The van der Waals surface area contributed by atoms with Crippen LogP contribution in [0.1, 0.15) is 38.5 Å². The molecule has 4 aliphatic carbocycles. The largest absolute Gasteiger partial charge is 0.335 e. The van der Waals surface area contributed by atoms with Gasteiger partial charge in [-0.3, -0.25) is 0 Å². The molecule has 4 heteroatoms. The summed E-state index contributed by atoms with van der Waals surface area (Å²) >= 11 is 0. The van der Waals surface area contributed by atoms with Crippen LogP contribution >= 0.6 is 0 Å². The van der Waals surface area contributed by atoms with Crippen molar-refractivity contribution in [2.24, 2.45) is 0 Å². The number of para-hydroxylation sites is 8. The van der Waals surface area contributed by atoms with E-state index in [0.29, 0.717) is 0 Å². The first kappa shape index (κ1) is 37.9. The minimum absolute atomic E-state index is 0.358. The van der Waals surface area contributed by atoms with Gasteiger partial charge in [0.1, 0.15) is 0 Å². The summed E-state index contributed by atoms with van der Waals surface area (Å²) < 4.78 is 0. The summed E-state index contributed by atoms with van der Waals surface area (Å²) in [5, 5.41) is 0. The Kier molecular flexibility index (Phi) is 9.45. The van der Waals surface area contributed by atoms with Crippen molar-refractivity contribution in [3.05, 3.63) is 243 Å². The lowest BCUT2D eigenvalue weighted by Crippen LogP contribution is -2.82. The third-order valence-corrected chi connectivity index (χ3v) is 14.0. The van der Waals surface area contributed by atoms with Gasteiger partial charge in [0, 0.05) is 45.5 Å². The van der Waals surface area contributed by atoms with Crippen molar-refractivity contribution in [2.75, 3.05) is 19.6 Å².